The van der Waals surface area contributed by atoms with Crippen molar-refractivity contribution in [2.45, 2.75) is 25.4 Å². The van der Waals surface area contributed by atoms with Crippen molar-refractivity contribution in [3.63, 3.8) is 0 Å². The van der Waals surface area contributed by atoms with Gasteiger partial charge in [0, 0.05) is 17.6 Å². The first-order valence-corrected chi connectivity index (χ1v) is 5.48. The molecule has 0 bridgehead atoms. The molecular weight excluding hydrogens is 204 g/mol. The summed E-state index contributed by atoms with van der Waals surface area (Å²) in [7, 11) is 0. The predicted octanol–water partition coefficient (Wildman–Crippen LogP) is 2.29. The molecule has 1 aromatic rings. The molecule has 1 aromatic carbocycles. The lowest BCUT2D eigenvalue weighted by molar-refractivity contribution is -0.117. The molecule has 1 N–H and O–H groups in total. The number of aromatic hydroxyl groups is 1. The number of rotatable bonds is 0. The highest BCUT2D eigenvalue weighted by Gasteiger charge is 2.30. The van der Waals surface area contributed by atoms with Gasteiger partial charge in [0.05, 0.1) is 0 Å². The van der Waals surface area contributed by atoms with Gasteiger partial charge in [0.2, 0.25) is 0 Å². The van der Waals surface area contributed by atoms with Crippen LogP contribution in [0.1, 0.15) is 24.8 Å². The zero-order valence-corrected chi connectivity index (χ0v) is 8.77. The summed E-state index contributed by atoms with van der Waals surface area (Å²) in [6, 6.07) is 4.97. The molecule has 1 heterocycles. The largest absolute Gasteiger partial charge is 0.508 e. The molecule has 0 radical (unpaired) electrons. The molecule has 3 heteroatoms. The van der Waals surface area contributed by atoms with E-state index in [1.54, 1.807) is 18.2 Å². The summed E-state index contributed by atoms with van der Waals surface area (Å²) < 4.78 is 5.76. The van der Waals surface area contributed by atoms with Crippen molar-refractivity contribution in [2.75, 3.05) is 0 Å². The first kappa shape index (κ1) is 9.46. The van der Waals surface area contributed by atoms with Gasteiger partial charge >= 0.3 is 0 Å². The van der Waals surface area contributed by atoms with E-state index in [1.165, 1.54) is 0 Å². The van der Waals surface area contributed by atoms with E-state index in [9.17, 15) is 9.90 Å². The second-order valence-electron chi connectivity index (χ2n) is 4.24. The Morgan fingerprint density at radius 2 is 2.25 bits per heavy atom. The van der Waals surface area contributed by atoms with Crippen LogP contribution in [-0.2, 0) is 4.79 Å². The number of hydrogen-bond donors (Lipinski definition) is 1. The van der Waals surface area contributed by atoms with Crippen LogP contribution in [0.5, 0.6) is 11.5 Å². The lowest BCUT2D eigenvalue weighted by Crippen LogP contribution is -2.30. The van der Waals surface area contributed by atoms with Gasteiger partial charge in [0.25, 0.3) is 0 Å². The van der Waals surface area contributed by atoms with Gasteiger partial charge in [0.15, 0.2) is 5.78 Å². The predicted molar refractivity (Wildman–Crippen MR) is 59.4 cm³/mol. The van der Waals surface area contributed by atoms with Crippen LogP contribution in [0.15, 0.2) is 23.8 Å². The lowest BCUT2D eigenvalue weighted by atomic mass is 9.87. The molecule has 3 rings (SSSR count). The van der Waals surface area contributed by atoms with Crippen LogP contribution < -0.4 is 4.74 Å². The van der Waals surface area contributed by atoms with E-state index in [2.05, 4.69) is 0 Å². The van der Waals surface area contributed by atoms with E-state index in [4.69, 9.17) is 4.74 Å². The number of ketones is 1. The number of ether oxygens (including phenoxy) is 1. The minimum atomic E-state index is -0.0849. The molecule has 1 aliphatic heterocycles. The van der Waals surface area contributed by atoms with Crippen LogP contribution in [0.3, 0.4) is 0 Å². The average molecular weight is 216 g/mol. The van der Waals surface area contributed by atoms with Crippen LogP contribution in [0, 0.1) is 0 Å². The Morgan fingerprint density at radius 1 is 1.38 bits per heavy atom. The first-order valence-electron chi connectivity index (χ1n) is 5.48. The van der Waals surface area contributed by atoms with Gasteiger partial charge in [-0.3, -0.25) is 4.79 Å². The summed E-state index contributed by atoms with van der Waals surface area (Å²) >= 11 is 0. The van der Waals surface area contributed by atoms with E-state index in [0.717, 1.165) is 29.7 Å². The minimum absolute atomic E-state index is 0.0849. The summed E-state index contributed by atoms with van der Waals surface area (Å²) in [6.07, 6.45) is 4.18. The fraction of sp³-hybridized carbons (Fsp3) is 0.308. The fourth-order valence-corrected chi connectivity index (χ4v) is 2.30. The SMILES string of the molecule is O=C1CCCC2Oc3ccc(O)cc3C=C12. The Kier molecular flexibility index (Phi) is 1.99. The lowest BCUT2D eigenvalue weighted by Gasteiger charge is -2.29. The zero-order chi connectivity index (χ0) is 11.1. The Hall–Kier alpha value is -1.77. The molecule has 0 spiro atoms. The molecule has 1 saturated carbocycles. The third-order valence-electron chi connectivity index (χ3n) is 3.11. The van der Waals surface area contributed by atoms with Gasteiger partial charge in [-0.15, -0.1) is 0 Å². The van der Waals surface area contributed by atoms with Gasteiger partial charge < -0.3 is 9.84 Å². The molecule has 0 aromatic heterocycles. The van der Waals surface area contributed by atoms with Crippen LogP contribution in [0.25, 0.3) is 6.08 Å². The van der Waals surface area contributed by atoms with E-state index >= 15 is 0 Å². The van der Waals surface area contributed by atoms with Crippen LogP contribution in [0.4, 0.5) is 0 Å². The Balaban J connectivity index is 2.09. The summed E-state index contributed by atoms with van der Waals surface area (Å²) in [5.74, 6) is 1.12. The Morgan fingerprint density at radius 3 is 3.12 bits per heavy atom. The molecule has 2 aliphatic rings. The van der Waals surface area contributed by atoms with Gasteiger partial charge in [-0.2, -0.15) is 0 Å². The molecule has 82 valence electrons. The molecule has 1 unspecified atom stereocenters. The minimum Gasteiger partial charge on any atom is -0.508 e. The summed E-state index contributed by atoms with van der Waals surface area (Å²) in [6.45, 7) is 0. The van der Waals surface area contributed by atoms with Crippen LogP contribution in [0.2, 0.25) is 0 Å². The quantitative estimate of drug-likeness (QED) is 0.723. The molecule has 1 fully saturated rings. The number of phenolic OH excluding ortho intramolecular Hbond substituents is 1. The van der Waals surface area contributed by atoms with Crippen molar-refractivity contribution in [1.29, 1.82) is 0 Å². The number of Topliss-reactive ketones (excluding diaryl/α,β-unsaturated/α-hetero) is 1. The van der Waals surface area contributed by atoms with E-state index < -0.39 is 0 Å². The van der Waals surface area contributed by atoms with Crippen molar-refractivity contribution in [3.05, 3.63) is 29.3 Å². The number of fused-ring (bicyclic) bond motifs is 2. The zero-order valence-electron chi connectivity index (χ0n) is 8.77. The van der Waals surface area contributed by atoms with Gasteiger partial charge in [-0.05, 0) is 37.1 Å². The highest BCUT2D eigenvalue weighted by Crippen LogP contribution is 2.36. The van der Waals surface area contributed by atoms with Crippen molar-refractivity contribution >= 4 is 11.9 Å². The number of phenols is 1. The smallest absolute Gasteiger partial charge is 0.162 e. The standard InChI is InChI=1S/C13H12O3/c14-9-4-5-12-8(6-9)7-10-11(15)2-1-3-13(10)16-12/h4-7,13-14H,1-3H2. The van der Waals surface area contributed by atoms with Crippen molar-refractivity contribution in [2.24, 2.45) is 0 Å². The highest BCUT2D eigenvalue weighted by atomic mass is 16.5. The highest BCUT2D eigenvalue weighted by molar-refractivity contribution is 6.02. The topological polar surface area (TPSA) is 46.5 Å². The molecule has 0 amide bonds. The van der Waals surface area contributed by atoms with Gasteiger partial charge in [0.1, 0.15) is 17.6 Å². The van der Waals surface area contributed by atoms with Crippen molar-refractivity contribution in [3.8, 4) is 11.5 Å². The number of benzene rings is 1. The van der Waals surface area contributed by atoms with Crippen LogP contribution in [-0.4, -0.2) is 17.0 Å². The second-order valence-corrected chi connectivity index (χ2v) is 4.24. The maximum atomic E-state index is 11.7. The normalized spacial score (nSPS) is 22.9. The van der Waals surface area contributed by atoms with E-state index in [1.807, 2.05) is 6.08 Å². The maximum Gasteiger partial charge on any atom is 0.162 e. The third-order valence-corrected chi connectivity index (χ3v) is 3.11. The number of carbonyl (C=O) groups is 1. The average Bonchev–Trinajstić information content (AvgIpc) is 2.28. The second kappa shape index (κ2) is 3.37. The molecular formula is C13H12O3. The monoisotopic (exact) mass is 216 g/mol. The maximum absolute atomic E-state index is 11.7. The van der Waals surface area contributed by atoms with Gasteiger partial charge in [-0.25, -0.2) is 0 Å². The van der Waals surface area contributed by atoms with E-state index in [-0.39, 0.29) is 17.6 Å². The molecule has 1 atom stereocenters. The van der Waals surface area contributed by atoms with Gasteiger partial charge in [-0.1, -0.05) is 0 Å². The number of hydrogen-bond acceptors (Lipinski definition) is 3. The fourth-order valence-electron chi connectivity index (χ4n) is 2.30. The molecule has 1 aliphatic carbocycles. The molecule has 0 saturated heterocycles. The summed E-state index contributed by atoms with van der Waals surface area (Å²) in [5.41, 5.74) is 1.55. The van der Waals surface area contributed by atoms with Crippen LogP contribution >= 0.6 is 0 Å². The first-order chi connectivity index (χ1) is 7.74. The van der Waals surface area contributed by atoms with Crippen molar-refractivity contribution < 1.29 is 14.6 Å². The van der Waals surface area contributed by atoms with E-state index in [0.29, 0.717) is 6.42 Å². The summed E-state index contributed by atoms with van der Waals surface area (Å²) in [4.78, 5) is 11.7. The third kappa shape index (κ3) is 1.40. The Bertz CT molecular complexity index is 488. The molecule has 3 nitrogen and oxygen atoms in total. The van der Waals surface area contributed by atoms with Crippen molar-refractivity contribution in [1.82, 2.24) is 0 Å². The molecule has 16 heavy (non-hydrogen) atoms. The summed E-state index contributed by atoms with van der Waals surface area (Å²) in [5, 5.41) is 9.38. The Labute approximate surface area is 93.4 Å². The number of carbonyl (C=O) groups excluding carboxylic acids is 1.